The zero-order valence-electron chi connectivity index (χ0n) is 17.5. The van der Waals surface area contributed by atoms with Crippen molar-refractivity contribution in [3.63, 3.8) is 0 Å². The van der Waals surface area contributed by atoms with Crippen LogP contribution in [0.3, 0.4) is 0 Å². The van der Waals surface area contributed by atoms with E-state index < -0.39 is 0 Å². The van der Waals surface area contributed by atoms with E-state index in [-0.39, 0.29) is 0 Å². The van der Waals surface area contributed by atoms with Gasteiger partial charge >= 0.3 is 0 Å². The van der Waals surface area contributed by atoms with E-state index in [1.807, 2.05) is 66.9 Å². The Bertz CT molecular complexity index is 1370. The molecule has 5 aromatic rings. The number of hydrogen-bond donors (Lipinski definition) is 0. The van der Waals surface area contributed by atoms with Crippen molar-refractivity contribution >= 4 is 34.2 Å². The summed E-state index contributed by atoms with van der Waals surface area (Å²) in [5, 5.41) is 9.74. The van der Waals surface area contributed by atoms with Gasteiger partial charge in [-0.2, -0.15) is 10.2 Å². The van der Waals surface area contributed by atoms with Crippen LogP contribution in [0.15, 0.2) is 131 Å². The molecule has 1 aromatic heterocycles. The maximum atomic E-state index is 4.70. The number of aromatic nitrogens is 1. The zero-order valence-corrected chi connectivity index (χ0v) is 17.5. The third-order valence-electron chi connectivity index (χ3n) is 5.25. The second-order valence-electron chi connectivity index (χ2n) is 7.53. The standard InChI is InChI=1S/C28H22N4/c1-3-9-22(10-4-1)20-32-21-23(27-13-7-8-14-28(27)32)19-29-24-15-17-26(18-16-24)31-30-25-11-5-2-6-12-25/h1-19,21H,20H2. The lowest BCUT2D eigenvalue weighted by Crippen LogP contribution is -1.97. The number of rotatable bonds is 6. The number of azo groups is 1. The largest absolute Gasteiger partial charge is 0.342 e. The summed E-state index contributed by atoms with van der Waals surface area (Å²) in [5.74, 6) is 0. The van der Waals surface area contributed by atoms with Gasteiger partial charge in [0.05, 0.1) is 17.1 Å². The average molecular weight is 415 g/mol. The van der Waals surface area contributed by atoms with Gasteiger partial charge in [-0.1, -0.05) is 66.7 Å². The molecule has 0 aliphatic carbocycles. The van der Waals surface area contributed by atoms with E-state index in [9.17, 15) is 0 Å². The van der Waals surface area contributed by atoms with Crippen LogP contribution in [0.5, 0.6) is 0 Å². The molecule has 4 heteroatoms. The van der Waals surface area contributed by atoms with Crippen LogP contribution >= 0.6 is 0 Å². The number of hydrogen-bond acceptors (Lipinski definition) is 3. The molecule has 0 aliphatic heterocycles. The van der Waals surface area contributed by atoms with E-state index in [2.05, 4.69) is 69.5 Å². The molecule has 0 bridgehead atoms. The monoisotopic (exact) mass is 414 g/mol. The molecule has 1 heterocycles. The molecule has 0 amide bonds. The van der Waals surface area contributed by atoms with Crippen LogP contribution in [0, 0.1) is 0 Å². The summed E-state index contributed by atoms with van der Waals surface area (Å²) in [7, 11) is 0. The highest BCUT2D eigenvalue weighted by Crippen LogP contribution is 2.24. The second kappa shape index (κ2) is 9.23. The molecule has 0 saturated carbocycles. The quantitative estimate of drug-likeness (QED) is 0.200. The van der Waals surface area contributed by atoms with E-state index in [1.54, 1.807) is 0 Å². The van der Waals surface area contributed by atoms with Crippen LogP contribution in [-0.4, -0.2) is 10.8 Å². The lowest BCUT2D eigenvalue weighted by atomic mass is 10.2. The van der Waals surface area contributed by atoms with Crippen molar-refractivity contribution in [2.24, 2.45) is 15.2 Å². The fourth-order valence-electron chi connectivity index (χ4n) is 3.65. The number of nitrogens with zero attached hydrogens (tertiary/aromatic N) is 4. The van der Waals surface area contributed by atoms with Crippen LogP contribution in [-0.2, 0) is 6.54 Å². The number of aliphatic imine (C=N–C) groups is 1. The topological polar surface area (TPSA) is 42.0 Å². The fraction of sp³-hybridized carbons (Fsp3) is 0.0357. The van der Waals surface area contributed by atoms with Gasteiger partial charge in [-0.15, -0.1) is 0 Å². The Balaban J connectivity index is 1.36. The lowest BCUT2D eigenvalue weighted by Gasteiger charge is -2.05. The van der Waals surface area contributed by atoms with E-state index in [0.29, 0.717) is 0 Å². The first-order valence-electron chi connectivity index (χ1n) is 10.6. The Morgan fingerprint density at radius 2 is 1.19 bits per heavy atom. The van der Waals surface area contributed by atoms with Gasteiger partial charge in [0.15, 0.2) is 0 Å². The van der Waals surface area contributed by atoms with Gasteiger partial charge in [0, 0.05) is 35.4 Å². The molecule has 4 aromatic carbocycles. The fourth-order valence-corrected chi connectivity index (χ4v) is 3.65. The molecule has 154 valence electrons. The summed E-state index contributed by atoms with van der Waals surface area (Å²) in [6, 6.07) is 36.4. The normalized spacial score (nSPS) is 11.6. The molecule has 5 rings (SSSR count). The third kappa shape index (κ3) is 4.55. The highest BCUT2D eigenvalue weighted by atomic mass is 15.1. The van der Waals surface area contributed by atoms with Crippen LogP contribution in [0.1, 0.15) is 11.1 Å². The van der Waals surface area contributed by atoms with Crippen molar-refractivity contribution in [3.8, 4) is 0 Å². The van der Waals surface area contributed by atoms with E-state index in [0.717, 1.165) is 29.2 Å². The van der Waals surface area contributed by atoms with Gasteiger partial charge in [-0.05, 0) is 48.0 Å². The van der Waals surface area contributed by atoms with Gasteiger partial charge in [0.2, 0.25) is 0 Å². The maximum Gasteiger partial charge on any atom is 0.0858 e. The van der Waals surface area contributed by atoms with E-state index in [1.165, 1.54) is 16.5 Å². The molecule has 32 heavy (non-hydrogen) atoms. The molecular weight excluding hydrogens is 392 g/mol. The predicted octanol–water partition coefficient (Wildman–Crippen LogP) is 7.86. The number of benzene rings is 4. The first-order chi connectivity index (χ1) is 15.8. The third-order valence-corrected chi connectivity index (χ3v) is 5.25. The van der Waals surface area contributed by atoms with Crippen molar-refractivity contribution in [1.82, 2.24) is 4.57 Å². The van der Waals surface area contributed by atoms with Crippen molar-refractivity contribution in [2.45, 2.75) is 6.54 Å². The molecule has 0 atom stereocenters. The summed E-state index contributed by atoms with van der Waals surface area (Å²) in [6.45, 7) is 0.830. The molecule has 4 nitrogen and oxygen atoms in total. The summed E-state index contributed by atoms with van der Waals surface area (Å²) >= 11 is 0. The predicted molar refractivity (Wildman–Crippen MR) is 132 cm³/mol. The average Bonchev–Trinajstić information content (AvgIpc) is 3.21. The van der Waals surface area contributed by atoms with Gasteiger partial charge < -0.3 is 4.57 Å². The van der Waals surface area contributed by atoms with Crippen LogP contribution in [0.4, 0.5) is 17.1 Å². The summed E-state index contributed by atoms with van der Waals surface area (Å²) in [5.41, 5.74) is 6.09. The van der Waals surface area contributed by atoms with E-state index >= 15 is 0 Å². The van der Waals surface area contributed by atoms with Crippen LogP contribution in [0.25, 0.3) is 10.9 Å². The minimum atomic E-state index is 0.798. The first kappa shape index (κ1) is 19.6. The Morgan fingerprint density at radius 3 is 1.94 bits per heavy atom. The Morgan fingerprint density at radius 1 is 0.594 bits per heavy atom. The molecule has 0 saturated heterocycles. The number of para-hydroxylation sites is 1. The molecule has 0 spiro atoms. The minimum absolute atomic E-state index is 0.798. The molecule has 0 N–H and O–H groups in total. The second-order valence-corrected chi connectivity index (χ2v) is 7.53. The smallest absolute Gasteiger partial charge is 0.0858 e. The van der Waals surface area contributed by atoms with Crippen molar-refractivity contribution < 1.29 is 0 Å². The van der Waals surface area contributed by atoms with Gasteiger partial charge in [-0.3, -0.25) is 4.99 Å². The summed E-state index contributed by atoms with van der Waals surface area (Å²) in [6.07, 6.45) is 4.11. The van der Waals surface area contributed by atoms with E-state index in [4.69, 9.17) is 4.99 Å². The molecule has 0 radical (unpaired) electrons. The Hall–Kier alpha value is -4.31. The highest BCUT2D eigenvalue weighted by molar-refractivity contribution is 6.00. The van der Waals surface area contributed by atoms with Crippen molar-refractivity contribution in [2.75, 3.05) is 0 Å². The molecule has 0 aliphatic rings. The van der Waals surface area contributed by atoms with Crippen molar-refractivity contribution in [3.05, 3.63) is 127 Å². The summed E-state index contributed by atoms with van der Waals surface area (Å²) in [4.78, 5) is 4.70. The van der Waals surface area contributed by atoms with Gasteiger partial charge in [0.25, 0.3) is 0 Å². The summed E-state index contributed by atoms with van der Waals surface area (Å²) < 4.78 is 2.28. The van der Waals surface area contributed by atoms with Gasteiger partial charge in [-0.25, -0.2) is 0 Å². The van der Waals surface area contributed by atoms with Crippen molar-refractivity contribution in [1.29, 1.82) is 0 Å². The number of fused-ring (bicyclic) bond motifs is 1. The maximum absolute atomic E-state index is 4.70. The lowest BCUT2D eigenvalue weighted by molar-refractivity contribution is 0.836. The SMILES string of the molecule is C(=Nc1ccc(N=Nc2ccccc2)cc1)c1cn(Cc2ccccc2)c2ccccc12. The highest BCUT2D eigenvalue weighted by Gasteiger charge is 2.07. The molecule has 0 unspecified atom stereocenters. The van der Waals surface area contributed by atoms with Crippen LogP contribution in [0.2, 0.25) is 0 Å². The van der Waals surface area contributed by atoms with Crippen LogP contribution < -0.4 is 0 Å². The van der Waals surface area contributed by atoms with Gasteiger partial charge in [0.1, 0.15) is 0 Å². The first-order valence-corrected chi connectivity index (χ1v) is 10.6. The molecular formula is C28H22N4. The Labute approximate surface area is 187 Å². The molecule has 0 fully saturated rings. The zero-order chi connectivity index (χ0) is 21.6. The minimum Gasteiger partial charge on any atom is -0.342 e. The Kier molecular flexibility index (Phi) is 5.66.